The lowest BCUT2D eigenvalue weighted by molar-refractivity contribution is 0.111. The second-order valence-electron chi connectivity index (χ2n) is 3.13. The molecule has 2 nitrogen and oxygen atoms in total. The number of hydrogen-bond acceptors (Lipinski definition) is 2. The standard InChI is InChI=1S/C11H12Cl2O2/c1-2-3-4-15-11-8(7-14)5-9(12)6-10(11)13/h5-7H,2-4H2,1H3. The Morgan fingerprint density at radius 2 is 2.13 bits per heavy atom. The summed E-state index contributed by atoms with van der Waals surface area (Å²) in [5.41, 5.74) is 0.392. The molecule has 0 aliphatic rings. The third-order valence-corrected chi connectivity index (χ3v) is 2.41. The summed E-state index contributed by atoms with van der Waals surface area (Å²) in [6.07, 6.45) is 2.65. The summed E-state index contributed by atoms with van der Waals surface area (Å²) >= 11 is 11.7. The van der Waals surface area contributed by atoms with E-state index in [1.165, 1.54) is 0 Å². The maximum absolute atomic E-state index is 10.8. The molecule has 1 aromatic rings. The van der Waals surface area contributed by atoms with Crippen LogP contribution in [0, 0.1) is 0 Å². The summed E-state index contributed by atoms with van der Waals surface area (Å²) in [5.74, 6) is 0.421. The van der Waals surface area contributed by atoms with Crippen LogP contribution in [0.5, 0.6) is 5.75 Å². The summed E-state index contributed by atoms with van der Waals surface area (Å²) in [5, 5.41) is 0.811. The van der Waals surface area contributed by atoms with Crippen molar-refractivity contribution in [3.63, 3.8) is 0 Å². The minimum atomic E-state index is 0.376. The van der Waals surface area contributed by atoms with Gasteiger partial charge in [0.2, 0.25) is 0 Å². The molecule has 0 atom stereocenters. The van der Waals surface area contributed by atoms with Gasteiger partial charge in [0.1, 0.15) is 5.75 Å². The molecule has 0 aliphatic heterocycles. The molecule has 0 unspecified atom stereocenters. The Morgan fingerprint density at radius 1 is 1.40 bits per heavy atom. The van der Waals surface area contributed by atoms with Gasteiger partial charge in [-0.25, -0.2) is 0 Å². The fourth-order valence-electron chi connectivity index (χ4n) is 1.14. The number of benzene rings is 1. The van der Waals surface area contributed by atoms with Gasteiger partial charge in [0, 0.05) is 5.02 Å². The maximum atomic E-state index is 10.8. The highest BCUT2D eigenvalue weighted by molar-refractivity contribution is 6.36. The van der Waals surface area contributed by atoms with Crippen LogP contribution in [-0.4, -0.2) is 12.9 Å². The van der Waals surface area contributed by atoms with Crippen molar-refractivity contribution in [3.05, 3.63) is 27.7 Å². The van der Waals surface area contributed by atoms with Gasteiger partial charge < -0.3 is 4.74 Å². The molecule has 0 bridgehead atoms. The molecular formula is C11H12Cl2O2. The van der Waals surface area contributed by atoms with Gasteiger partial charge in [-0.15, -0.1) is 0 Å². The molecule has 0 N–H and O–H groups in total. The Balaban J connectivity index is 2.89. The largest absolute Gasteiger partial charge is 0.491 e. The molecule has 1 aromatic carbocycles. The van der Waals surface area contributed by atoms with Crippen molar-refractivity contribution in [1.29, 1.82) is 0 Å². The topological polar surface area (TPSA) is 26.3 Å². The molecular weight excluding hydrogens is 235 g/mol. The van der Waals surface area contributed by atoms with Crippen molar-refractivity contribution >= 4 is 29.5 Å². The van der Waals surface area contributed by atoms with Crippen molar-refractivity contribution < 1.29 is 9.53 Å². The molecule has 0 radical (unpaired) electrons. The average molecular weight is 247 g/mol. The summed E-state index contributed by atoms with van der Waals surface area (Å²) in [6, 6.07) is 3.11. The Kier molecular flexibility index (Phi) is 4.92. The Morgan fingerprint density at radius 3 is 2.73 bits per heavy atom. The van der Waals surface area contributed by atoms with Crippen LogP contribution in [0.1, 0.15) is 30.1 Å². The van der Waals surface area contributed by atoms with E-state index in [1.807, 2.05) is 0 Å². The summed E-state index contributed by atoms with van der Waals surface area (Å²) in [4.78, 5) is 10.8. The van der Waals surface area contributed by atoms with Crippen molar-refractivity contribution in [2.75, 3.05) is 6.61 Å². The minimum absolute atomic E-state index is 0.376. The molecule has 0 amide bonds. The number of halogens is 2. The lowest BCUT2D eigenvalue weighted by Gasteiger charge is -2.10. The average Bonchev–Trinajstić information content (AvgIpc) is 2.20. The number of carbonyl (C=O) groups excluding carboxylic acids is 1. The summed E-state index contributed by atoms with van der Waals surface area (Å²) in [7, 11) is 0. The van der Waals surface area contributed by atoms with Gasteiger partial charge in [0.05, 0.1) is 17.2 Å². The SMILES string of the molecule is CCCCOc1c(Cl)cc(Cl)cc1C=O. The number of carbonyl (C=O) groups is 1. The third kappa shape index (κ3) is 3.40. The van der Waals surface area contributed by atoms with E-state index in [0.717, 1.165) is 12.8 Å². The van der Waals surface area contributed by atoms with E-state index in [1.54, 1.807) is 12.1 Å². The van der Waals surface area contributed by atoms with Crippen molar-refractivity contribution in [1.82, 2.24) is 0 Å². The Labute approximate surface area is 99.1 Å². The zero-order chi connectivity index (χ0) is 11.3. The van der Waals surface area contributed by atoms with Crippen LogP contribution in [0.4, 0.5) is 0 Å². The lowest BCUT2D eigenvalue weighted by Crippen LogP contribution is -2.00. The predicted molar refractivity (Wildman–Crippen MR) is 62.3 cm³/mol. The van der Waals surface area contributed by atoms with Crippen LogP contribution in [0.3, 0.4) is 0 Å². The normalized spacial score (nSPS) is 10.1. The van der Waals surface area contributed by atoms with Gasteiger partial charge in [-0.05, 0) is 18.6 Å². The van der Waals surface area contributed by atoms with Gasteiger partial charge in [-0.1, -0.05) is 36.5 Å². The first kappa shape index (κ1) is 12.3. The molecule has 0 saturated carbocycles. The molecule has 0 fully saturated rings. The van der Waals surface area contributed by atoms with Gasteiger partial charge in [-0.2, -0.15) is 0 Å². The van der Waals surface area contributed by atoms with Gasteiger partial charge >= 0.3 is 0 Å². The van der Waals surface area contributed by atoms with Crippen molar-refractivity contribution in [2.24, 2.45) is 0 Å². The van der Waals surface area contributed by atoms with Gasteiger partial charge in [0.15, 0.2) is 6.29 Å². The first-order valence-corrected chi connectivity index (χ1v) is 5.51. The third-order valence-electron chi connectivity index (χ3n) is 1.91. The number of rotatable bonds is 5. The molecule has 4 heteroatoms. The van der Waals surface area contributed by atoms with Gasteiger partial charge in [0.25, 0.3) is 0 Å². The van der Waals surface area contributed by atoms with E-state index in [4.69, 9.17) is 27.9 Å². The van der Waals surface area contributed by atoms with E-state index in [2.05, 4.69) is 6.92 Å². The van der Waals surface area contributed by atoms with Crippen molar-refractivity contribution in [3.8, 4) is 5.75 Å². The molecule has 0 heterocycles. The summed E-state index contributed by atoms with van der Waals surface area (Å²) in [6.45, 7) is 2.62. The molecule has 82 valence electrons. The van der Waals surface area contributed by atoms with Crippen LogP contribution >= 0.6 is 23.2 Å². The highest BCUT2D eigenvalue weighted by Gasteiger charge is 2.09. The second kappa shape index (κ2) is 5.99. The lowest BCUT2D eigenvalue weighted by atomic mass is 10.2. The number of hydrogen-bond donors (Lipinski definition) is 0. The fraction of sp³-hybridized carbons (Fsp3) is 0.364. The van der Waals surface area contributed by atoms with Crippen LogP contribution in [0.25, 0.3) is 0 Å². The quantitative estimate of drug-likeness (QED) is 0.581. The first-order valence-electron chi connectivity index (χ1n) is 4.76. The van der Waals surface area contributed by atoms with Crippen LogP contribution in [0.2, 0.25) is 10.0 Å². The monoisotopic (exact) mass is 246 g/mol. The van der Waals surface area contributed by atoms with Crippen molar-refractivity contribution in [2.45, 2.75) is 19.8 Å². The molecule has 15 heavy (non-hydrogen) atoms. The fourth-order valence-corrected chi connectivity index (χ4v) is 1.70. The number of unbranched alkanes of at least 4 members (excludes halogenated alkanes) is 1. The van der Waals surface area contributed by atoms with Crippen LogP contribution in [-0.2, 0) is 0 Å². The van der Waals surface area contributed by atoms with Crippen LogP contribution in [0.15, 0.2) is 12.1 Å². The van der Waals surface area contributed by atoms with E-state index in [-0.39, 0.29) is 0 Å². The highest BCUT2D eigenvalue weighted by Crippen LogP contribution is 2.31. The van der Waals surface area contributed by atoms with E-state index < -0.39 is 0 Å². The number of aldehydes is 1. The highest BCUT2D eigenvalue weighted by atomic mass is 35.5. The molecule has 0 aliphatic carbocycles. The molecule has 0 aromatic heterocycles. The number of ether oxygens (including phenoxy) is 1. The van der Waals surface area contributed by atoms with E-state index in [9.17, 15) is 4.79 Å². The van der Waals surface area contributed by atoms with Crippen LogP contribution < -0.4 is 4.74 Å². The Bertz CT molecular complexity index is 351. The predicted octanol–water partition coefficient (Wildman–Crippen LogP) is 3.98. The van der Waals surface area contributed by atoms with Gasteiger partial charge in [-0.3, -0.25) is 4.79 Å². The molecule has 0 saturated heterocycles. The van der Waals surface area contributed by atoms with E-state index in [0.29, 0.717) is 34.3 Å². The minimum Gasteiger partial charge on any atom is -0.491 e. The molecule has 0 spiro atoms. The smallest absolute Gasteiger partial charge is 0.153 e. The zero-order valence-electron chi connectivity index (χ0n) is 8.43. The van der Waals surface area contributed by atoms with E-state index >= 15 is 0 Å². The summed E-state index contributed by atoms with van der Waals surface area (Å²) < 4.78 is 5.43. The zero-order valence-corrected chi connectivity index (χ0v) is 9.94. The maximum Gasteiger partial charge on any atom is 0.153 e. The molecule has 1 rings (SSSR count). The first-order chi connectivity index (χ1) is 7.19. The second-order valence-corrected chi connectivity index (χ2v) is 3.97. The Hall–Kier alpha value is -0.730.